The maximum Gasteiger partial charge on any atom is 0.328 e. The fourth-order valence-electron chi connectivity index (χ4n) is 1.54. The number of amides is 1. The van der Waals surface area contributed by atoms with Gasteiger partial charge in [0.2, 0.25) is 5.91 Å². The SMILES string of the molecule is CNCCCC(=O)Nc1cccc(/C=C/C(=O)O)c1. The van der Waals surface area contributed by atoms with Gasteiger partial charge in [0.15, 0.2) is 0 Å². The highest BCUT2D eigenvalue weighted by molar-refractivity contribution is 5.91. The maximum absolute atomic E-state index is 11.6. The molecule has 0 aliphatic carbocycles. The Morgan fingerprint density at radius 1 is 1.37 bits per heavy atom. The van der Waals surface area contributed by atoms with Gasteiger partial charge in [-0.05, 0) is 43.8 Å². The number of benzene rings is 1. The van der Waals surface area contributed by atoms with Gasteiger partial charge in [-0.2, -0.15) is 0 Å². The summed E-state index contributed by atoms with van der Waals surface area (Å²) in [6.07, 6.45) is 3.78. The lowest BCUT2D eigenvalue weighted by molar-refractivity contribution is -0.131. The molecule has 0 aliphatic heterocycles. The number of nitrogens with one attached hydrogen (secondary N) is 2. The lowest BCUT2D eigenvalue weighted by Gasteiger charge is -2.05. The van der Waals surface area contributed by atoms with E-state index in [2.05, 4.69) is 10.6 Å². The molecule has 19 heavy (non-hydrogen) atoms. The Kier molecular flexibility index (Phi) is 6.32. The Morgan fingerprint density at radius 2 is 2.16 bits per heavy atom. The fourth-order valence-corrected chi connectivity index (χ4v) is 1.54. The Balaban J connectivity index is 2.56. The smallest absolute Gasteiger partial charge is 0.328 e. The normalized spacial score (nSPS) is 10.6. The highest BCUT2D eigenvalue weighted by atomic mass is 16.4. The van der Waals surface area contributed by atoms with Crippen molar-refractivity contribution in [2.24, 2.45) is 0 Å². The molecule has 0 saturated carbocycles. The van der Waals surface area contributed by atoms with Crippen LogP contribution in [0.1, 0.15) is 18.4 Å². The number of carbonyl (C=O) groups excluding carboxylic acids is 1. The van der Waals surface area contributed by atoms with Crippen LogP contribution < -0.4 is 10.6 Å². The molecule has 1 amide bonds. The first-order valence-electron chi connectivity index (χ1n) is 6.07. The second kappa shape index (κ2) is 8.05. The zero-order valence-electron chi connectivity index (χ0n) is 10.8. The van der Waals surface area contributed by atoms with Crippen molar-refractivity contribution < 1.29 is 14.7 Å². The third kappa shape index (κ3) is 6.38. The number of carbonyl (C=O) groups is 2. The van der Waals surface area contributed by atoms with Gasteiger partial charge in [-0.15, -0.1) is 0 Å². The summed E-state index contributed by atoms with van der Waals surface area (Å²) in [4.78, 5) is 22.0. The van der Waals surface area contributed by atoms with E-state index in [0.29, 0.717) is 12.1 Å². The maximum atomic E-state index is 11.6. The zero-order chi connectivity index (χ0) is 14.1. The van der Waals surface area contributed by atoms with Crippen LogP contribution in [0.3, 0.4) is 0 Å². The molecule has 1 aromatic rings. The topological polar surface area (TPSA) is 78.4 Å². The second-order valence-electron chi connectivity index (χ2n) is 4.05. The van der Waals surface area contributed by atoms with Crippen molar-refractivity contribution in [1.29, 1.82) is 0 Å². The summed E-state index contributed by atoms with van der Waals surface area (Å²) in [6, 6.07) is 7.05. The van der Waals surface area contributed by atoms with Gasteiger partial charge in [0, 0.05) is 18.2 Å². The van der Waals surface area contributed by atoms with Gasteiger partial charge in [0.1, 0.15) is 0 Å². The van der Waals surface area contributed by atoms with Crippen LogP contribution in [-0.2, 0) is 9.59 Å². The molecule has 0 fully saturated rings. The van der Waals surface area contributed by atoms with E-state index in [1.807, 2.05) is 7.05 Å². The van der Waals surface area contributed by atoms with E-state index in [1.165, 1.54) is 6.08 Å². The van der Waals surface area contributed by atoms with Crippen molar-refractivity contribution in [2.45, 2.75) is 12.8 Å². The number of carboxylic acid groups (broad SMARTS) is 1. The van der Waals surface area contributed by atoms with Gasteiger partial charge in [-0.1, -0.05) is 12.1 Å². The first-order valence-corrected chi connectivity index (χ1v) is 6.07. The van der Waals surface area contributed by atoms with E-state index in [-0.39, 0.29) is 5.91 Å². The lowest BCUT2D eigenvalue weighted by Crippen LogP contribution is -2.15. The molecule has 3 N–H and O–H groups in total. The molecule has 1 aromatic carbocycles. The van der Waals surface area contributed by atoms with Crippen molar-refractivity contribution in [3.63, 3.8) is 0 Å². The van der Waals surface area contributed by atoms with Crippen LogP contribution >= 0.6 is 0 Å². The van der Waals surface area contributed by atoms with Crippen molar-refractivity contribution in [2.75, 3.05) is 18.9 Å². The number of anilines is 1. The van der Waals surface area contributed by atoms with Gasteiger partial charge >= 0.3 is 5.97 Å². The Labute approximate surface area is 112 Å². The third-order valence-electron chi connectivity index (χ3n) is 2.42. The quantitative estimate of drug-likeness (QED) is 0.516. The standard InChI is InChI=1S/C14H18N2O3/c1-15-9-3-6-13(17)16-12-5-2-4-11(10-12)7-8-14(18)19/h2,4-5,7-8,10,15H,3,6,9H2,1H3,(H,16,17)(H,18,19)/b8-7+. The molecule has 1 rings (SSSR count). The monoisotopic (exact) mass is 262 g/mol. The van der Waals surface area contributed by atoms with E-state index in [4.69, 9.17) is 5.11 Å². The predicted octanol–water partition coefficient (Wildman–Crippen LogP) is 1.72. The highest BCUT2D eigenvalue weighted by Gasteiger charge is 2.02. The van der Waals surface area contributed by atoms with Crippen LogP contribution in [0.4, 0.5) is 5.69 Å². The van der Waals surface area contributed by atoms with Gasteiger partial charge in [-0.3, -0.25) is 4.79 Å². The number of rotatable bonds is 7. The first-order chi connectivity index (χ1) is 9.11. The van der Waals surface area contributed by atoms with Gasteiger partial charge in [0.25, 0.3) is 0 Å². The summed E-state index contributed by atoms with van der Waals surface area (Å²) in [7, 11) is 1.84. The minimum absolute atomic E-state index is 0.0467. The zero-order valence-corrected chi connectivity index (χ0v) is 10.8. The summed E-state index contributed by atoms with van der Waals surface area (Å²) in [5, 5.41) is 14.3. The molecule has 0 unspecified atom stereocenters. The van der Waals surface area contributed by atoms with Crippen LogP contribution in [-0.4, -0.2) is 30.6 Å². The van der Waals surface area contributed by atoms with Crippen LogP contribution in [0.25, 0.3) is 6.08 Å². The average molecular weight is 262 g/mol. The molecule has 0 bridgehead atoms. The molecule has 0 radical (unpaired) electrons. The number of carboxylic acids is 1. The summed E-state index contributed by atoms with van der Waals surface area (Å²) < 4.78 is 0. The summed E-state index contributed by atoms with van der Waals surface area (Å²) in [5.41, 5.74) is 1.40. The van der Waals surface area contributed by atoms with Gasteiger partial charge < -0.3 is 15.7 Å². The van der Waals surface area contributed by atoms with Gasteiger partial charge in [-0.25, -0.2) is 4.79 Å². The highest BCUT2D eigenvalue weighted by Crippen LogP contribution is 2.12. The lowest BCUT2D eigenvalue weighted by atomic mass is 10.2. The van der Waals surface area contributed by atoms with Crippen LogP contribution in [0.2, 0.25) is 0 Å². The molecule has 0 aromatic heterocycles. The molecular weight excluding hydrogens is 244 g/mol. The minimum atomic E-state index is -0.999. The van der Waals surface area contributed by atoms with E-state index in [9.17, 15) is 9.59 Å². The second-order valence-corrected chi connectivity index (χ2v) is 4.05. The predicted molar refractivity (Wildman–Crippen MR) is 74.9 cm³/mol. The number of hydrogen-bond donors (Lipinski definition) is 3. The third-order valence-corrected chi connectivity index (χ3v) is 2.42. The number of hydrogen-bond acceptors (Lipinski definition) is 3. The van der Waals surface area contributed by atoms with Crippen LogP contribution in [0.5, 0.6) is 0 Å². The molecule has 5 nitrogen and oxygen atoms in total. The molecule has 0 aliphatic rings. The molecule has 0 spiro atoms. The molecule has 0 heterocycles. The largest absolute Gasteiger partial charge is 0.478 e. The van der Waals surface area contributed by atoms with E-state index in [0.717, 1.165) is 24.6 Å². The van der Waals surface area contributed by atoms with Crippen molar-refractivity contribution in [1.82, 2.24) is 5.32 Å². The van der Waals surface area contributed by atoms with E-state index >= 15 is 0 Å². The van der Waals surface area contributed by atoms with Crippen LogP contribution in [0.15, 0.2) is 30.3 Å². The first kappa shape index (κ1) is 14.9. The van der Waals surface area contributed by atoms with E-state index < -0.39 is 5.97 Å². The Hall–Kier alpha value is -2.14. The number of aliphatic carboxylic acids is 1. The molecular formula is C14H18N2O3. The summed E-state index contributed by atoms with van der Waals surface area (Å²) in [5.74, 6) is -1.05. The molecule has 102 valence electrons. The van der Waals surface area contributed by atoms with Crippen molar-refractivity contribution in [3.05, 3.63) is 35.9 Å². The minimum Gasteiger partial charge on any atom is -0.478 e. The Morgan fingerprint density at radius 3 is 2.84 bits per heavy atom. The van der Waals surface area contributed by atoms with Gasteiger partial charge in [0.05, 0.1) is 0 Å². The summed E-state index contributed by atoms with van der Waals surface area (Å²) in [6.45, 7) is 0.800. The van der Waals surface area contributed by atoms with Crippen molar-refractivity contribution in [3.8, 4) is 0 Å². The Bertz CT molecular complexity index is 470. The van der Waals surface area contributed by atoms with E-state index in [1.54, 1.807) is 24.3 Å². The molecule has 5 heteroatoms. The van der Waals surface area contributed by atoms with Crippen molar-refractivity contribution >= 4 is 23.6 Å². The average Bonchev–Trinajstić information content (AvgIpc) is 2.37. The summed E-state index contributed by atoms with van der Waals surface area (Å²) >= 11 is 0. The molecule has 0 saturated heterocycles. The van der Waals surface area contributed by atoms with Crippen LogP contribution in [0, 0.1) is 0 Å². The fraction of sp³-hybridized carbons (Fsp3) is 0.286. The molecule has 0 atom stereocenters.